The lowest BCUT2D eigenvalue weighted by Crippen LogP contribution is -2.39. The van der Waals surface area contributed by atoms with Crippen molar-refractivity contribution in [3.63, 3.8) is 0 Å². The first-order valence-corrected chi connectivity index (χ1v) is 15.4. The Morgan fingerprint density at radius 1 is 1.00 bits per heavy atom. The van der Waals surface area contributed by atoms with Crippen LogP contribution in [-0.2, 0) is 16.1 Å². The van der Waals surface area contributed by atoms with E-state index in [4.69, 9.17) is 18.9 Å². The van der Waals surface area contributed by atoms with Gasteiger partial charge >= 0.3 is 5.97 Å². The van der Waals surface area contributed by atoms with Crippen molar-refractivity contribution in [3.05, 3.63) is 118 Å². The van der Waals surface area contributed by atoms with Gasteiger partial charge in [-0.15, -0.1) is 0 Å². The number of rotatable bonds is 10. The number of nitrogens with zero attached hydrogens (tertiary/aromatic N) is 2. The van der Waals surface area contributed by atoms with E-state index >= 15 is 0 Å². The van der Waals surface area contributed by atoms with E-state index in [9.17, 15) is 14.0 Å². The number of fused-ring (bicyclic) bond motifs is 1. The van der Waals surface area contributed by atoms with Crippen LogP contribution >= 0.6 is 33.9 Å². The van der Waals surface area contributed by atoms with Gasteiger partial charge in [-0.25, -0.2) is 14.2 Å². The van der Waals surface area contributed by atoms with Gasteiger partial charge in [0.25, 0.3) is 5.56 Å². The first-order chi connectivity index (χ1) is 20.8. The molecule has 0 bridgehead atoms. The van der Waals surface area contributed by atoms with Gasteiger partial charge in [0.1, 0.15) is 18.2 Å². The van der Waals surface area contributed by atoms with Crippen LogP contribution in [0.2, 0.25) is 0 Å². The minimum absolute atomic E-state index is 0.227. The number of ether oxygens (including phenoxy) is 4. The monoisotopic (exact) mass is 714 g/mol. The van der Waals surface area contributed by atoms with E-state index in [1.54, 1.807) is 30.3 Å². The molecule has 1 aliphatic heterocycles. The average molecular weight is 715 g/mol. The molecule has 0 amide bonds. The van der Waals surface area contributed by atoms with Crippen LogP contribution in [0.4, 0.5) is 4.39 Å². The number of thiazole rings is 1. The number of halogens is 2. The Labute approximate surface area is 264 Å². The minimum Gasteiger partial charge on any atom is -0.490 e. The van der Waals surface area contributed by atoms with Gasteiger partial charge in [0, 0.05) is 6.20 Å². The Kier molecular flexibility index (Phi) is 9.61. The summed E-state index contributed by atoms with van der Waals surface area (Å²) in [6.07, 6.45) is 3.25. The van der Waals surface area contributed by atoms with Crippen molar-refractivity contribution in [1.82, 2.24) is 4.57 Å². The second-order valence-corrected chi connectivity index (χ2v) is 11.5. The van der Waals surface area contributed by atoms with Crippen molar-refractivity contribution in [2.45, 2.75) is 26.5 Å². The summed E-state index contributed by atoms with van der Waals surface area (Å²) in [7, 11) is 1.30. The third-order valence-corrected chi connectivity index (χ3v) is 8.41. The van der Waals surface area contributed by atoms with Crippen LogP contribution < -0.4 is 29.1 Å². The summed E-state index contributed by atoms with van der Waals surface area (Å²) >= 11 is 3.41. The summed E-state index contributed by atoms with van der Waals surface area (Å²) in [6.45, 7) is 4.93. The zero-order chi connectivity index (χ0) is 30.5. The molecular formula is C32H28FIN2O6S. The molecule has 1 aliphatic rings. The predicted molar refractivity (Wildman–Crippen MR) is 170 cm³/mol. The molecule has 0 saturated carbocycles. The molecule has 1 aromatic heterocycles. The molecule has 0 saturated heterocycles. The minimum atomic E-state index is -0.775. The van der Waals surface area contributed by atoms with Crippen LogP contribution in [0.1, 0.15) is 36.6 Å². The summed E-state index contributed by atoms with van der Waals surface area (Å²) in [5, 5.41) is 0. The maximum atomic E-state index is 13.9. The zero-order valence-electron chi connectivity index (χ0n) is 23.6. The Hall–Kier alpha value is -3.97. The van der Waals surface area contributed by atoms with E-state index in [0.717, 1.165) is 14.7 Å². The molecule has 4 aromatic rings. The highest BCUT2D eigenvalue weighted by molar-refractivity contribution is 14.1. The maximum Gasteiger partial charge on any atom is 0.337 e. The largest absolute Gasteiger partial charge is 0.490 e. The van der Waals surface area contributed by atoms with E-state index in [0.29, 0.717) is 52.0 Å². The van der Waals surface area contributed by atoms with Crippen molar-refractivity contribution >= 4 is 46.0 Å². The number of methoxy groups -OCH3 is 1. The molecule has 0 unspecified atom stereocenters. The molecule has 222 valence electrons. The van der Waals surface area contributed by atoms with E-state index in [2.05, 4.69) is 27.6 Å². The topological polar surface area (TPSA) is 88.4 Å². The third kappa shape index (κ3) is 6.67. The van der Waals surface area contributed by atoms with Crippen LogP contribution in [-0.4, -0.2) is 30.9 Å². The number of aromatic nitrogens is 1. The molecule has 0 spiro atoms. The van der Waals surface area contributed by atoms with Gasteiger partial charge < -0.3 is 18.9 Å². The Morgan fingerprint density at radius 3 is 2.42 bits per heavy atom. The Morgan fingerprint density at radius 2 is 1.72 bits per heavy atom. The quantitative estimate of drug-likeness (QED) is 0.167. The third-order valence-electron chi connectivity index (χ3n) is 6.57. The highest BCUT2D eigenvalue weighted by Crippen LogP contribution is 2.35. The first kappa shape index (κ1) is 30.5. The van der Waals surface area contributed by atoms with Gasteiger partial charge in [-0.05, 0) is 95.6 Å². The Balaban J connectivity index is 1.51. The van der Waals surface area contributed by atoms with E-state index < -0.39 is 12.0 Å². The van der Waals surface area contributed by atoms with Crippen LogP contribution in [0.5, 0.6) is 17.2 Å². The number of carbonyl (C=O) groups excluding carboxylic acids is 1. The fraction of sp³-hybridized carbons (Fsp3) is 0.219. The molecule has 1 atom stereocenters. The highest BCUT2D eigenvalue weighted by atomic mass is 127. The van der Waals surface area contributed by atoms with Crippen molar-refractivity contribution in [2.75, 3.05) is 20.3 Å². The molecule has 11 heteroatoms. The number of benzene rings is 3. The van der Waals surface area contributed by atoms with Crippen molar-refractivity contribution in [2.24, 2.45) is 4.99 Å². The van der Waals surface area contributed by atoms with Crippen LogP contribution in [0.3, 0.4) is 0 Å². The lowest BCUT2D eigenvalue weighted by Gasteiger charge is -2.23. The molecule has 0 N–H and O–H groups in total. The molecule has 8 nitrogen and oxygen atoms in total. The van der Waals surface area contributed by atoms with Crippen molar-refractivity contribution in [1.29, 1.82) is 0 Å². The molecule has 5 rings (SSSR count). The Bertz CT molecular complexity index is 1870. The summed E-state index contributed by atoms with van der Waals surface area (Å²) in [4.78, 5) is 31.6. The second kappa shape index (κ2) is 13.6. The normalized spacial score (nSPS) is 14.4. The molecule has 43 heavy (non-hydrogen) atoms. The summed E-state index contributed by atoms with van der Waals surface area (Å²) in [6, 6.07) is 16.4. The van der Waals surface area contributed by atoms with Gasteiger partial charge in [-0.1, -0.05) is 35.6 Å². The van der Waals surface area contributed by atoms with Crippen LogP contribution in [0.25, 0.3) is 6.08 Å². The summed E-state index contributed by atoms with van der Waals surface area (Å²) in [5.74, 6) is 0.883. The van der Waals surface area contributed by atoms with Gasteiger partial charge in [0.05, 0.1) is 40.0 Å². The molecule has 3 aromatic carbocycles. The van der Waals surface area contributed by atoms with Gasteiger partial charge in [0.2, 0.25) is 0 Å². The zero-order valence-corrected chi connectivity index (χ0v) is 26.6. The highest BCUT2D eigenvalue weighted by Gasteiger charge is 2.31. The van der Waals surface area contributed by atoms with E-state index in [1.165, 1.54) is 41.3 Å². The summed E-state index contributed by atoms with van der Waals surface area (Å²) < 4.78 is 38.5. The molecule has 0 fully saturated rings. The number of esters is 1. The first-order valence-electron chi connectivity index (χ1n) is 13.5. The van der Waals surface area contributed by atoms with Gasteiger partial charge in [0.15, 0.2) is 16.3 Å². The molecule has 2 heterocycles. The van der Waals surface area contributed by atoms with Crippen molar-refractivity contribution in [3.8, 4) is 17.2 Å². The number of hydrogen-bond acceptors (Lipinski definition) is 8. The van der Waals surface area contributed by atoms with Crippen molar-refractivity contribution < 1.29 is 28.1 Å². The average Bonchev–Trinajstić information content (AvgIpc) is 3.32. The van der Waals surface area contributed by atoms with E-state index in [-0.39, 0.29) is 16.9 Å². The van der Waals surface area contributed by atoms with Gasteiger partial charge in [-0.3, -0.25) is 9.36 Å². The SMILES string of the molecule is CCOc1ccc([C@@H]2C(C(=O)OC)=CN=c3s/c(=C\c4ccc(OCc5ccc(F)cc5)c(I)c4)c(=O)n32)cc1OCC. The molecule has 0 aliphatic carbocycles. The fourth-order valence-corrected chi connectivity index (χ4v) is 6.27. The summed E-state index contributed by atoms with van der Waals surface area (Å²) in [5.41, 5.74) is 2.24. The second-order valence-electron chi connectivity index (χ2n) is 9.35. The number of carbonyl (C=O) groups is 1. The maximum absolute atomic E-state index is 13.9. The smallest absolute Gasteiger partial charge is 0.337 e. The standard InChI is InChI=1S/C32H28FIN2O6S/c1-4-40-26-13-9-21(16-27(26)41-5-2)29-23(31(38)39-3)17-35-32-36(29)30(37)28(43-32)15-20-8-12-25(24(34)14-20)42-18-19-6-10-22(33)11-7-19/h6-17,29H,4-5,18H2,1-3H3/b28-15-/t29-/m1/s1. The lowest BCUT2D eigenvalue weighted by atomic mass is 9.97. The van der Waals surface area contributed by atoms with Crippen LogP contribution in [0, 0.1) is 9.39 Å². The molecular weight excluding hydrogens is 686 g/mol. The predicted octanol–water partition coefficient (Wildman–Crippen LogP) is 5.14. The molecule has 0 radical (unpaired) electrons. The van der Waals surface area contributed by atoms with Crippen LogP contribution in [0.15, 0.2) is 82.2 Å². The fourth-order valence-electron chi connectivity index (χ4n) is 4.60. The van der Waals surface area contributed by atoms with E-state index in [1.807, 2.05) is 38.1 Å². The number of hydrogen-bond donors (Lipinski definition) is 0. The van der Waals surface area contributed by atoms with Gasteiger partial charge in [-0.2, -0.15) is 0 Å². The lowest BCUT2D eigenvalue weighted by molar-refractivity contribution is -0.136.